The van der Waals surface area contributed by atoms with Gasteiger partial charge >= 0.3 is 0 Å². The summed E-state index contributed by atoms with van der Waals surface area (Å²) in [6, 6.07) is 0.173. The summed E-state index contributed by atoms with van der Waals surface area (Å²) >= 11 is 0. The third kappa shape index (κ3) is 3.56. The van der Waals surface area contributed by atoms with E-state index >= 15 is 0 Å². The van der Waals surface area contributed by atoms with Gasteiger partial charge in [-0.15, -0.1) is 0 Å². The lowest BCUT2D eigenvalue weighted by Gasteiger charge is -2.26. The predicted molar refractivity (Wildman–Crippen MR) is 57.3 cm³/mol. The lowest BCUT2D eigenvalue weighted by molar-refractivity contribution is 0.00657. The van der Waals surface area contributed by atoms with Gasteiger partial charge in [0.15, 0.2) is 0 Å². The van der Waals surface area contributed by atoms with Gasteiger partial charge in [-0.05, 0) is 39.5 Å². The lowest BCUT2D eigenvalue weighted by Crippen LogP contribution is -2.36. The molecule has 1 fully saturated rings. The monoisotopic (exact) mass is 201 g/mol. The van der Waals surface area contributed by atoms with Crippen molar-refractivity contribution in [3.05, 3.63) is 0 Å². The third-order valence-corrected chi connectivity index (χ3v) is 3.07. The summed E-state index contributed by atoms with van der Waals surface area (Å²) < 4.78 is 10.9. The molecule has 0 aliphatic carbocycles. The average molecular weight is 201 g/mol. The Balaban J connectivity index is 2.23. The Hall–Kier alpha value is -0.120. The zero-order chi connectivity index (χ0) is 10.6. The topological polar surface area (TPSA) is 44.5 Å². The molecule has 3 nitrogen and oxygen atoms in total. The molecule has 0 aromatic carbocycles. The molecule has 0 radical (unpaired) electrons. The van der Waals surface area contributed by atoms with Crippen LogP contribution in [0.1, 0.15) is 39.5 Å². The van der Waals surface area contributed by atoms with Crippen LogP contribution in [0.2, 0.25) is 0 Å². The van der Waals surface area contributed by atoms with E-state index in [4.69, 9.17) is 15.2 Å². The van der Waals surface area contributed by atoms with E-state index < -0.39 is 0 Å². The van der Waals surface area contributed by atoms with Crippen LogP contribution in [-0.4, -0.2) is 31.5 Å². The van der Waals surface area contributed by atoms with E-state index in [1.165, 1.54) is 0 Å². The largest absolute Gasteiger partial charge is 0.379 e. The number of ether oxygens (including phenoxy) is 2. The molecule has 0 bridgehead atoms. The van der Waals surface area contributed by atoms with Crippen LogP contribution in [0.3, 0.4) is 0 Å². The van der Waals surface area contributed by atoms with Gasteiger partial charge in [0.2, 0.25) is 0 Å². The molecule has 1 aliphatic rings. The summed E-state index contributed by atoms with van der Waals surface area (Å²) in [6.07, 6.45) is 4.53. The maximum absolute atomic E-state index is 6.06. The van der Waals surface area contributed by atoms with Crippen molar-refractivity contribution in [3.63, 3.8) is 0 Å². The predicted octanol–water partition coefficient (Wildman–Crippen LogP) is 1.70. The zero-order valence-corrected chi connectivity index (χ0v) is 9.58. The first-order valence-corrected chi connectivity index (χ1v) is 5.47. The highest BCUT2D eigenvalue weighted by molar-refractivity contribution is 4.80. The molecule has 1 aliphatic heterocycles. The van der Waals surface area contributed by atoms with Gasteiger partial charge in [0, 0.05) is 19.8 Å². The van der Waals surface area contributed by atoms with Crippen molar-refractivity contribution in [1.29, 1.82) is 0 Å². The summed E-state index contributed by atoms with van der Waals surface area (Å²) in [6.45, 7) is 5.07. The van der Waals surface area contributed by atoms with E-state index in [9.17, 15) is 0 Å². The van der Waals surface area contributed by atoms with Crippen LogP contribution in [0.15, 0.2) is 0 Å². The summed E-state index contributed by atoms with van der Waals surface area (Å²) in [7, 11) is 1.75. The number of rotatable bonds is 5. The third-order valence-electron chi connectivity index (χ3n) is 3.07. The minimum atomic E-state index is -0.0593. The molecule has 1 heterocycles. The van der Waals surface area contributed by atoms with Crippen LogP contribution >= 0.6 is 0 Å². The second-order valence-corrected chi connectivity index (χ2v) is 4.72. The zero-order valence-electron chi connectivity index (χ0n) is 9.58. The highest BCUT2D eigenvalue weighted by Crippen LogP contribution is 2.21. The van der Waals surface area contributed by atoms with Crippen molar-refractivity contribution >= 4 is 0 Å². The molecule has 1 rings (SSSR count). The van der Waals surface area contributed by atoms with Gasteiger partial charge in [-0.3, -0.25) is 0 Å². The Bertz CT molecular complexity index is 165. The molecule has 0 spiro atoms. The van der Waals surface area contributed by atoms with Crippen molar-refractivity contribution in [1.82, 2.24) is 0 Å². The molecule has 14 heavy (non-hydrogen) atoms. The second-order valence-electron chi connectivity index (χ2n) is 4.72. The first kappa shape index (κ1) is 12.0. The molecule has 0 aromatic rings. The highest BCUT2D eigenvalue weighted by atomic mass is 16.5. The fourth-order valence-corrected chi connectivity index (χ4v) is 1.74. The fraction of sp³-hybridized carbons (Fsp3) is 1.00. The Labute approximate surface area is 86.9 Å². The van der Waals surface area contributed by atoms with Gasteiger partial charge in [0.1, 0.15) is 0 Å². The number of hydrogen-bond donors (Lipinski definition) is 1. The molecule has 2 atom stereocenters. The van der Waals surface area contributed by atoms with Crippen LogP contribution in [0.4, 0.5) is 0 Å². The number of methoxy groups -OCH3 is 1. The molecule has 0 saturated carbocycles. The van der Waals surface area contributed by atoms with E-state index in [1.807, 2.05) is 0 Å². The van der Waals surface area contributed by atoms with Gasteiger partial charge in [-0.1, -0.05) is 0 Å². The highest BCUT2D eigenvalue weighted by Gasteiger charge is 2.25. The number of hydrogen-bond acceptors (Lipinski definition) is 3. The molecular weight excluding hydrogens is 178 g/mol. The van der Waals surface area contributed by atoms with E-state index in [0.717, 1.165) is 32.3 Å². The van der Waals surface area contributed by atoms with Gasteiger partial charge in [0.25, 0.3) is 0 Å². The Morgan fingerprint density at radius 1 is 1.57 bits per heavy atom. The summed E-state index contributed by atoms with van der Waals surface area (Å²) in [5, 5.41) is 0. The summed E-state index contributed by atoms with van der Waals surface area (Å²) in [4.78, 5) is 0. The van der Waals surface area contributed by atoms with Crippen LogP contribution < -0.4 is 5.73 Å². The van der Waals surface area contributed by atoms with Crippen LogP contribution in [0.5, 0.6) is 0 Å². The first-order chi connectivity index (χ1) is 6.55. The standard InChI is InChI=1S/C11H23NO2/c1-11(2,13-3)7-6-9(12)10-5-4-8-14-10/h9-10H,4-8,12H2,1-3H3. The van der Waals surface area contributed by atoms with Gasteiger partial charge < -0.3 is 15.2 Å². The maximum Gasteiger partial charge on any atom is 0.0726 e. The van der Waals surface area contributed by atoms with Gasteiger partial charge in [-0.25, -0.2) is 0 Å². The molecule has 0 aromatic heterocycles. The second kappa shape index (κ2) is 5.10. The lowest BCUT2D eigenvalue weighted by atomic mass is 9.96. The molecule has 84 valence electrons. The SMILES string of the molecule is COC(C)(C)CCC(N)C1CCCO1. The van der Waals surface area contributed by atoms with E-state index in [0.29, 0.717) is 0 Å². The smallest absolute Gasteiger partial charge is 0.0726 e. The summed E-state index contributed by atoms with van der Waals surface area (Å²) in [5.74, 6) is 0. The molecule has 1 saturated heterocycles. The molecular formula is C11H23NO2. The van der Waals surface area contributed by atoms with Crippen molar-refractivity contribution in [3.8, 4) is 0 Å². The molecule has 0 amide bonds. The Morgan fingerprint density at radius 3 is 2.79 bits per heavy atom. The van der Waals surface area contributed by atoms with Crippen molar-refractivity contribution in [2.24, 2.45) is 5.73 Å². The Morgan fingerprint density at radius 2 is 2.29 bits per heavy atom. The summed E-state index contributed by atoms with van der Waals surface area (Å²) in [5.41, 5.74) is 6.00. The minimum absolute atomic E-state index is 0.0593. The van der Waals surface area contributed by atoms with Crippen LogP contribution in [0, 0.1) is 0 Å². The van der Waals surface area contributed by atoms with Gasteiger partial charge in [-0.2, -0.15) is 0 Å². The molecule has 2 unspecified atom stereocenters. The van der Waals surface area contributed by atoms with Crippen LogP contribution in [0.25, 0.3) is 0 Å². The van der Waals surface area contributed by atoms with Crippen LogP contribution in [-0.2, 0) is 9.47 Å². The average Bonchev–Trinajstić information content (AvgIpc) is 2.67. The van der Waals surface area contributed by atoms with E-state index in [-0.39, 0.29) is 17.7 Å². The maximum atomic E-state index is 6.06. The van der Waals surface area contributed by atoms with Crippen molar-refractivity contribution in [2.45, 2.75) is 57.3 Å². The van der Waals surface area contributed by atoms with Crippen molar-refractivity contribution < 1.29 is 9.47 Å². The molecule has 3 heteroatoms. The normalized spacial score (nSPS) is 25.3. The molecule has 2 N–H and O–H groups in total. The van der Waals surface area contributed by atoms with E-state index in [2.05, 4.69) is 13.8 Å². The van der Waals surface area contributed by atoms with Crippen molar-refractivity contribution in [2.75, 3.05) is 13.7 Å². The van der Waals surface area contributed by atoms with E-state index in [1.54, 1.807) is 7.11 Å². The van der Waals surface area contributed by atoms with Gasteiger partial charge in [0.05, 0.1) is 11.7 Å². The fourth-order valence-electron chi connectivity index (χ4n) is 1.74. The number of nitrogens with two attached hydrogens (primary N) is 1. The first-order valence-electron chi connectivity index (χ1n) is 5.47. The quantitative estimate of drug-likeness (QED) is 0.736. The minimum Gasteiger partial charge on any atom is -0.379 e. The Kier molecular flexibility index (Phi) is 4.35.